The predicted molar refractivity (Wildman–Crippen MR) is 48.7 cm³/mol. The van der Waals surface area contributed by atoms with Gasteiger partial charge in [-0.2, -0.15) is 0 Å². The van der Waals surface area contributed by atoms with Gasteiger partial charge in [-0.25, -0.2) is 0 Å². The van der Waals surface area contributed by atoms with Gasteiger partial charge in [0.05, 0.1) is 6.42 Å². The molecule has 0 radical (unpaired) electrons. The van der Waals surface area contributed by atoms with Crippen LogP contribution in [0.15, 0.2) is 0 Å². The Balaban J connectivity index is 3.28. The van der Waals surface area contributed by atoms with Gasteiger partial charge in [0.25, 0.3) is 0 Å². The first-order valence-electron chi connectivity index (χ1n) is 4.45. The average Bonchev–Trinajstić information content (AvgIpc) is 2.01. The monoisotopic (exact) mass is 171 g/mol. The molecular formula is C9H17NO2. The topological polar surface area (TPSA) is 61.2 Å². The summed E-state index contributed by atoms with van der Waals surface area (Å²) in [5, 5.41) is 15.7. The van der Waals surface area contributed by atoms with Crippen molar-refractivity contribution in [1.29, 1.82) is 5.41 Å². The Morgan fingerprint density at radius 2 is 1.92 bits per heavy atom. The molecule has 0 heterocycles. The molecule has 0 bridgehead atoms. The summed E-state index contributed by atoms with van der Waals surface area (Å²) in [6.07, 6.45) is 4.59. The number of carbonyl (C=O) groups is 1. The van der Waals surface area contributed by atoms with Crippen LogP contribution in [0.5, 0.6) is 0 Å². The predicted octanol–water partition coefficient (Wildman–Crippen LogP) is 2.45. The zero-order chi connectivity index (χ0) is 9.40. The van der Waals surface area contributed by atoms with Crippen molar-refractivity contribution in [2.45, 2.75) is 45.4 Å². The second kappa shape index (κ2) is 6.83. The average molecular weight is 171 g/mol. The van der Waals surface area contributed by atoms with Crippen molar-refractivity contribution in [2.75, 3.05) is 0 Å². The SMILES string of the molecule is CCCCCC(=N)CCC(=O)O. The van der Waals surface area contributed by atoms with Crippen molar-refractivity contribution in [3.8, 4) is 0 Å². The highest BCUT2D eigenvalue weighted by Crippen LogP contribution is 2.03. The molecule has 0 aromatic heterocycles. The van der Waals surface area contributed by atoms with Gasteiger partial charge in [0, 0.05) is 5.71 Å². The molecule has 3 nitrogen and oxygen atoms in total. The van der Waals surface area contributed by atoms with E-state index in [9.17, 15) is 4.79 Å². The molecule has 0 saturated carbocycles. The molecule has 2 N–H and O–H groups in total. The summed E-state index contributed by atoms with van der Waals surface area (Å²) in [6.45, 7) is 2.11. The van der Waals surface area contributed by atoms with E-state index in [1.807, 2.05) is 0 Å². The lowest BCUT2D eigenvalue weighted by molar-refractivity contribution is -0.136. The molecule has 0 aliphatic heterocycles. The Labute approximate surface area is 73.3 Å². The molecule has 0 atom stereocenters. The molecule has 0 aliphatic carbocycles. The molecule has 0 aromatic carbocycles. The van der Waals surface area contributed by atoms with Gasteiger partial charge in [0.2, 0.25) is 0 Å². The van der Waals surface area contributed by atoms with E-state index in [-0.39, 0.29) is 6.42 Å². The second-order valence-electron chi connectivity index (χ2n) is 2.95. The summed E-state index contributed by atoms with van der Waals surface area (Å²) >= 11 is 0. The van der Waals surface area contributed by atoms with Crippen molar-refractivity contribution in [3.05, 3.63) is 0 Å². The summed E-state index contributed by atoms with van der Waals surface area (Å²) < 4.78 is 0. The van der Waals surface area contributed by atoms with E-state index in [2.05, 4.69) is 6.92 Å². The lowest BCUT2D eigenvalue weighted by Crippen LogP contribution is -2.02. The fourth-order valence-electron chi connectivity index (χ4n) is 0.971. The Morgan fingerprint density at radius 1 is 1.25 bits per heavy atom. The normalized spacial score (nSPS) is 9.75. The molecule has 70 valence electrons. The van der Waals surface area contributed by atoms with Crippen LogP contribution in [-0.4, -0.2) is 16.8 Å². The van der Waals surface area contributed by atoms with E-state index in [0.717, 1.165) is 25.7 Å². The van der Waals surface area contributed by atoms with Crippen molar-refractivity contribution < 1.29 is 9.90 Å². The van der Waals surface area contributed by atoms with Gasteiger partial charge in [-0.3, -0.25) is 4.79 Å². The van der Waals surface area contributed by atoms with Crippen LogP contribution in [-0.2, 0) is 4.79 Å². The van der Waals surface area contributed by atoms with Crippen LogP contribution in [0.25, 0.3) is 0 Å². The molecule has 0 aliphatic rings. The molecule has 3 heteroatoms. The summed E-state index contributed by atoms with van der Waals surface area (Å²) in [7, 11) is 0. The van der Waals surface area contributed by atoms with Crippen LogP contribution in [0.3, 0.4) is 0 Å². The van der Waals surface area contributed by atoms with Gasteiger partial charge >= 0.3 is 5.97 Å². The Kier molecular flexibility index (Phi) is 6.34. The molecule has 0 aromatic rings. The van der Waals surface area contributed by atoms with Crippen molar-refractivity contribution >= 4 is 11.7 Å². The number of carboxylic acids is 1. The van der Waals surface area contributed by atoms with Crippen LogP contribution in [0.2, 0.25) is 0 Å². The van der Waals surface area contributed by atoms with E-state index in [1.54, 1.807) is 0 Å². The highest BCUT2D eigenvalue weighted by molar-refractivity contribution is 5.84. The molecular weight excluding hydrogens is 154 g/mol. The smallest absolute Gasteiger partial charge is 0.303 e. The third kappa shape index (κ3) is 7.25. The lowest BCUT2D eigenvalue weighted by Gasteiger charge is -2.00. The van der Waals surface area contributed by atoms with Gasteiger partial charge in [-0.15, -0.1) is 0 Å². The molecule has 0 fully saturated rings. The van der Waals surface area contributed by atoms with E-state index in [0.29, 0.717) is 12.1 Å². The molecule has 0 saturated heterocycles. The highest BCUT2D eigenvalue weighted by atomic mass is 16.4. The van der Waals surface area contributed by atoms with E-state index < -0.39 is 5.97 Å². The number of unbranched alkanes of at least 4 members (excludes halogenated alkanes) is 2. The van der Waals surface area contributed by atoms with Gasteiger partial charge < -0.3 is 10.5 Å². The fourth-order valence-corrected chi connectivity index (χ4v) is 0.971. The van der Waals surface area contributed by atoms with Crippen molar-refractivity contribution in [3.63, 3.8) is 0 Å². The number of carboxylic acid groups (broad SMARTS) is 1. The van der Waals surface area contributed by atoms with E-state index in [4.69, 9.17) is 10.5 Å². The van der Waals surface area contributed by atoms with Crippen molar-refractivity contribution in [2.24, 2.45) is 0 Å². The Hall–Kier alpha value is -0.860. The maximum Gasteiger partial charge on any atom is 0.303 e. The summed E-state index contributed by atoms with van der Waals surface area (Å²) in [4.78, 5) is 10.1. The van der Waals surface area contributed by atoms with Crippen LogP contribution in [0, 0.1) is 5.41 Å². The van der Waals surface area contributed by atoms with Crippen LogP contribution >= 0.6 is 0 Å². The third-order valence-electron chi connectivity index (χ3n) is 1.72. The standard InChI is InChI=1S/C9H17NO2/c1-2-3-4-5-8(10)6-7-9(11)12/h10H,2-7H2,1H3,(H,11,12). The summed E-state index contributed by atoms with van der Waals surface area (Å²) in [5.41, 5.74) is 0.575. The van der Waals surface area contributed by atoms with Gasteiger partial charge in [0.1, 0.15) is 0 Å². The van der Waals surface area contributed by atoms with E-state index in [1.165, 1.54) is 0 Å². The minimum atomic E-state index is -0.810. The number of aliphatic carboxylic acids is 1. The summed E-state index contributed by atoms with van der Waals surface area (Å²) in [6, 6.07) is 0. The maximum atomic E-state index is 10.1. The zero-order valence-corrected chi connectivity index (χ0v) is 7.60. The molecule has 0 unspecified atom stereocenters. The van der Waals surface area contributed by atoms with Crippen molar-refractivity contribution in [1.82, 2.24) is 0 Å². The largest absolute Gasteiger partial charge is 0.481 e. The fraction of sp³-hybridized carbons (Fsp3) is 0.778. The second-order valence-corrected chi connectivity index (χ2v) is 2.95. The first-order chi connectivity index (χ1) is 5.66. The number of hydrogen-bond donors (Lipinski definition) is 2. The van der Waals surface area contributed by atoms with Crippen LogP contribution in [0.4, 0.5) is 0 Å². The van der Waals surface area contributed by atoms with E-state index >= 15 is 0 Å². The first kappa shape index (κ1) is 11.1. The highest BCUT2D eigenvalue weighted by Gasteiger charge is 2.00. The maximum absolute atomic E-state index is 10.1. The molecule has 0 amide bonds. The third-order valence-corrected chi connectivity index (χ3v) is 1.72. The quantitative estimate of drug-likeness (QED) is 0.456. The molecule has 0 spiro atoms. The number of hydrogen-bond acceptors (Lipinski definition) is 2. The zero-order valence-electron chi connectivity index (χ0n) is 7.60. The molecule has 0 rings (SSSR count). The minimum Gasteiger partial charge on any atom is -0.481 e. The minimum absolute atomic E-state index is 0.102. The van der Waals surface area contributed by atoms with Gasteiger partial charge in [-0.05, 0) is 19.3 Å². The van der Waals surface area contributed by atoms with Gasteiger partial charge in [-0.1, -0.05) is 19.8 Å². The number of nitrogens with one attached hydrogen (secondary N) is 1. The Morgan fingerprint density at radius 3 is 2.42 bits per heavy atom. The molecule has 12 heavy (non-hydrogen) atoms. The number of rotatable bonds is 7. The van der Waals surface area contributed by atoms with Gasteiger partial charge in [0.15, 0.2) is 0 Å². The summed E-state index contributed by atoms with van der Waals surface area (Å²) in [5.74, 6) is -0.810. The lowest BCUT2D eigenvalue weighted by atomic mass is 10.1. The Bertz CT molecular complexity index is 155. The van der Waals surface area contributed by atoms with Crippen LogP contribution < -0.4 is 0 Å². The van der Waals surface area contributed by atoms with Crippen LogP contribution in [0.1, 0.15) is 45.4 Å². The first-order valence-corrected chi connectivity index (χ1v) is 4.45.